The Balaban J connectivity index is 1.55. The number of rotatable bonds is 6. The number of carbonyl (C=O) groups excluding carboxylic acids is 1. The Bertz CT molecular complexity index is 847. The Kier molecular flexibility index (Phi) is 5.43. The first-order valence-electron chi connectivity index (χ1n) is 7.82. The second-order valence-electron chi connectivity index (χ2n) is 5.40. The maximum Gasteiger partial charge on any atom is 0.263 e. The Labute approximate surface area is 153 Å². The van der Waals surface area contributed by atoms with Gasteiger partial charge in [-0.15, -0.1) is 34.0 Å². The standard InChI is InChI=1S/C17H19N3OS3/c1-4-15-19-10(2)16(24-15)17(21)18-8-7-12-5-6-14(23-12)13-9-22-11(3)20-13/h5-6,9H,4,7-8H2,1-3H3,(H,18,21). The van der Waals surface area contributed by atoms with Gasteiger partial charge in [-0.3, -0.25) is 4.79 Å². The van der Waals surface area contributed by atoms with Gasteiger partial charge in [0.05, 0.1) is 26.3 Å². The predicted octanol–water partition coefficient (Wildman–Crippen LogP) is 4.48. The quantitative estimate of drug-likeness (QED) is 0.689. The van der Waals surface area contributed by atoms with E-state index in [2.05, 4.69) is 39.7 Å². The molecular weight excluding hydrogens is 358 g/mol. The lowest BCUT2D eigenvalue weighted by Gasteiger charge is -2.02. The van der Waals surface area contributed by atoms with E-state index >= 15 is 0 Å². The van der Waals surface area contributed by atoms with Crippen molar-refractivity contribution < 1.29 is 4.79 Å². The van der Waals surface area contributed by atoms with E-state index in [1.165, 1.54) is 21.1 Å². The zero-order chi connectivity index (χ0) is 17.1. The van der Waals surface area contributed by atoms with Crippen molar-refractivity contribution in [1.82, 2.24) is 15.3 Å². The zero-order valence-electron chi connectivity index (χ0n) is 13.9. The lowest BCUT2D eigenvalue weighted by atomic mass is 10.3. The van der Waals surface area contributed by atoms with Gasteiger partial charge < -0.3 is 5.32 Å². The van der Waals surface area contributed by atoms with Crippen LogP contribution in [0.15, 0.2) is 17.5 Å². The van der Waals surface area contributed by atoms with Gasteiger partial charge in [-0.25, -0.2) is 9.97 Å². The molecule has 3 aromatic heterocycles. The monoisotopic (exact) mass is 377 g/mol. The highest BCUT2D eigenvalue weighted by Crippen LogP contribution is 2.29. The Morgan fingerprint density at radius 1 is 1.21 bits per heavy atom. The zero-order valence-corrected chi connectivity index (χ0v) is 16.3. The maximum absolute atomic E-state index is 12.3. The summed E-state index contributed by atoms with van der Waals surface area (Å²) in [5, 5.41) is 7.19. The molecule has 0 saturated heterocycles. The SMILES string of the molecule is CCc1nc(C)c(C(=O)NCCc2ccc(-c3csc(C)n3)s2)s1. The lowest BCUT2D eigenvalue weighted by Crippen LogP contribution is -2.25. The van der Waals surface area contributed by atoms with Gasteiger partial charge in [0, 0.05) is 16.8 Å². The molecule has 3 rings (SSSR count). The van der Waals surface area contributed by atoms with Crippen LogP contribution in [-0.4, -0.2) is 22.4 Å². The summed E-state index contributed by atoms with van der Waals surface area (Å²) in [4.78, 5) is 24.4. The topological polar surface area (TPSA) is 54.9 Å². The van der Waals surface area contributed by atoms with Gasteiger partial charge in [-0.05, 0) is 38.8 Å². The minimum atomic E-state index is -0.0170. The molecule has 0 aliphatic rings. The van der Waals surface area contributed by atoms with E-state index in [0.717, 1.165) is 39.1 Å². The molecule has 3 aromatic rings. The van der Waals surface area contributed by atoms with Gasteiger partial charge in [-0.2, -0.15) is 0 Å². The van der Waals surface area contributed by atoms with Crippen molar-refractivity contribution in [2.45, 2.75) is 33.6 Å². The van der Waals surface area contributed by atoms with E-state index in [9.17, 15) is 4.79 Å². The van der Waals surface area contributed by atoms with E-state index in [1.54, 1.807) is 22.7 Å². The normalized spacial score (nSPS) is 11.0. The third-order valence-corrected chi connectivity index (χ3v) is 6.78. The van der Waals surface area contributed by atoms with Gasteiger partial charge in [0.25, 0.3) is 5.91 Å². The summed E-state index contributed by atoms with van der Waals surface area (Å²) in [5.41, 5.74) is 1.87. The molecule has 1 N–H and O–H groups in total. The van der Waals surface area contributed by atoms with Crippen molar-refractivity contribution in [2.75, 3.05) is 6.54 Å². The molecule has 126 valence electrons. The number of aromatic nitrogens is 2. The highest BCUT2D eigenvalue weighted by molar-refractivity contribution is 7.16. The van der Waals surface area contributed by atoms with E-state index in [1.807, 2.05) is 13.8 Å². The van der Waals surface area contributed by atoms with Crippen molar-refractivity contribution >= 4 is 39.9 Å². The van der Waals surface area contributed by atoms with Crippen molar-refractivity contribution in [2.24, 2.45) is 0 Å². The summed E-state index contributed by atoms with van der Waals surface area (Å²) in [6, 6.07) is 4.23. The number of amides is 1. The number of hydrogen-bond donors (Lipinski definition) is 1. The lowest BCUT2D eigenvalue weighted by molar-refractivity contribution is 0.0957. The molecule has 4 nitrogen and oxygen atoms in total. The highest BCUT2D eigenvalue weighted by Gasteiger charge is 2.14. The van der Waals surface area contributed by atoms with Crippen LogP contribution in [0.25, 0.3) is 10.6 Å². The number of thiazole rings is 2. The number of aryl methyl sites for hydroxylation is 3. The van der Waals surface area contributed by atoms with E-state index in [0.29, 0.717) is 6.54 Å². The molecule has 0 saturated carbocycles. The smallest absolute Gasteiger partial charge is 0.263 e. The molecule has 0 aliphatic heterocycles. The predicted molar refractivity (Wildman–Crippen MR) is 102 cm³/mol. The molecule has 0 spiro atoms. The molecule has 7 heteroatoms. The highest BCUT2D eigenvalue weighted by atomic mass is 32.1. The number of carbonyl (C=O) groups is 1. The summed E-state index contributed by atoms with van der Waals surface area (Å²) in [6.07, 6.45) is 1.70. The fourth-order valence-electron chi connectivity index (χ4n) is 2.32. The van der Waals surface area contributed by atoms with E-state index in [4.69, 9.17) is 0 Å². The minimum Gasteiger partial charge on any atom is -0.351 e. The van der Waals surface area contributed by atoms with E-state index < -0.39 is 0 Å². The molecule has 0 aliphatic carbocycles. The molecule has 24 heavy (non-hydrogen) atoms. The first-order chi connectivity index (χ1) is 11.6. The second kappa shape index (κ2) is 7.55. The van der Waals surface area contributed by atoms with Crippen LogP contribution in [0.4, 0.5) is 0 Å². The van der Waals surface area contributed by atoms with Crippen LogP contribution < -0.4 is 5.32 Å². The molecule has 0 unspecified atom stereocenters. The first kappa shape index (κ1) is 17.3. The molecule has 3 heterocycles. The third-order valence-electron chi connectivity index (χ3n) is 3.54. The fraction of sp³-hybridized carbons (Fsp3) is 0.353. The fourth-order valence-corrected chi connectivity index (χ4v) is 4.90. The van der Waals surface area contributed by atoms with Crippen molar-refractivity contribution in [3.63, 3.8) is 0 Å². The molecule has 0 aromatic carbocycles. The molecule has 1 amide bonds. The van der Waals surface area contributed by atoms with Gasteiger partial charge >= 0.3 is 0 Å². The van der Waals surface area contributed by atoms with Crippen LogP contribution in [0.1, 0.15) is 37.2 Å². The van der Waals surface area contributed by atoms with Gasteiger partial charge in [-0.1, -0.05) is 6.92 Å². The average molecular weight is 378 g/mol. The summed E-state index contributed by atoms with van der Waals surface area (Å²) in [6.45, 7) is 6.60. The van der Waals surface area contributed by atoms with Gasteiger partial charge in [0.2, 0.25) is 0 Å². The maximum atomic E-state index is 12.3. The number of thiophene rings is 1. The van der Waals surface area contributed by atoms with Gasteiger partial charge in [0.1, 0.15) is 4.88 Å². The van der Waals surface area contributed by atoms with Crippen LogP contribution in [0.5, 0.6) is 0 Å². The number of nitrogens with zero attached hydrogens (tertiary/aromatic N) is 2. The summed E-state index contributed by atoms with van der Waals surface area (Å²) >= 11 is 4.90. The minimum absolute atomic E-state index is 0.0170. The third kappa shape index (κ3) is 3.91. The average Bonchev–Trinajstić information content (AvgIpc) is 3.27. The molecule has 0 fully saturated rings. The van der Waals surface area contributed by atoms with Crippen LogP contribution >= 0.6 is 34.0 Å². The Morgan fingerprint density at radius 3 is 2.71 bits per heavy atom. The molecule has 0 atom stereocenters. The summed E-state index contributed by atoms with van der Waals surface area (Å²) in [5.74, 6) is -0.0170. The van der Waals surface area contributed by atoms with E-state index in [-0.39, 0.29) is 5.91 Å². The first-order valence-corrected chi connectivity index (χ1v) is 10.3. The number of hydrogen-bond acceptors (Lipinski definition) is 6. The Hall–Kier alpha value is -1.57. The van der Waals surface area contributed by atoms with Crippen molar-refractivity contribution in [3.8, 4) is 10.6 Å². The summed E-state index contributed by atoms with van der Waals surface area (Å²) < 4.78 is 0. The van der Waals surface area contributed by atoms with Crippen molar-refractivity contribution in [3.05, 3.63) is 43.0 Å². The summed E-state index contributed by atoms with van der Waals surface area (Å²) in [7, 11) is 0. The largest absolute Gasteiger partial charge is 0.351 e. The number of nitrogens with one attached hydrogen (secondary N) is 1. The van der Waals surface area contributed by atoms with Crippen LogP contribution in [0.3, 0.4) is 0 Å². The van der Waals surface area contributed by atoms with Crippen LogP contribution in [0, 0.1) is 13.8 Å². The second-order valence-corrected chi connectivity index (χ2v) is 8.71. The van der Waals surface area contributed by atoms with Crippen molar-refractivity contribution in [1.29, 1.82) is 0 Å². The van der Waals surface area contributed by atoms with Crippen LogP contribution in [0.2, 0.25) is 0 Å². The van der Waals surface area contributed by atoms with Gasteiger partial charge in [0.15, 0.2) is 0 Å². The molecule has 0 bridgehead atoms. The molecular formula is C17H19N3OS3. The Morgan fingerprint density at radius 2 is 2.04 bits per heavy atom. The van der Waals surface area contributed by atoms with Crippen LogP contribution in [-0.2, 0) is 12.8 Å². The molecule has 0 radical (unpaired) electrons.